The van der Waals surface area contributed by atoms with Crippen molar-refractivity contribution in [3.05, 3.63) is 0 Å². The molecule has 2 heterocycles. The normalized spacial score (nSPS) is 27.3. The molecule has 24 heavy (non-hydrogen) atoms. The van der Waals surface area contributed by atoms with E-state index in [9.17, 15) is 14.4 Å². The molecular formula is C17H28N2O5. The second-order valence-electron chi connectivity index (χ2n) is 6.68. The van der Waals surface area contributed by atoms with Crippen LogP contribution in [0.1, 0.15) is 51.9 Å². The molecule has 0 spiro atoms. The van der Waals surface area contributed by atoms with E-state index in [4.69, 9.17) is 9.84 Å². The summed E-state index contributed by atoms with van der Waals surface area (Å²) in [5.41, 5.74) is 0. The summed E-state index contributed by atoms with van der Waals surface area (Å²) < 4.78 is 5.34. The molecule has 2 fully saturated rings. The van der Waals surface area contributed by atoms with Crippen molar-refractivity contribution in [1.29, 1.82) is 0 Å². The minimum Gasteiger partial charge on any atom is -0.481 e. The maximum Gasteiger partial charge on any atom is 0.305 e. The van der Waals surface area contributed by atoms with E-state index in [1.807, 2.05) is 6.92 Å². The predicted octanol–water partition coefficient (Wildman–Crippen LogP) is 1.26. The van der Waals surface area contributed by atoms with Gasteiger partial charge in [0.1, 0.15) is 6.04 Å². The fraction of sp³-hybridized carbons (Fsp3) is 0.824. The Kier molecular flexibility index (Phi) is 6.60. The quantitative estimate of drug-likeness (QED) is 0.786. The van der Waals surface area contributed by atoms with Crippen LogP contribution in [0.15, 0.2) is 0 Å². The van der Waals surface area contributed by atoms with Crippen molar-refractivity contribution in [2.75, 3.05) is 20.2 Å². The SMILES string of the molecule is CCCC(=O)N1CCCCC1C(=O)N1CC(OC)CC1CC(=O)O. The summed E-state index contributed by atoms with van der Waals surface area (Å²) in [5.74, 6) is -1.02. The van der Waals surface area contributed by atoms with Gasteiger partial charge < -0.3 is 19.6 Å². The Bertz CT molecular complexity index is 482. The zero-order chi connectivity index (χ0) is 17.7. The second-order valence-corrected chi connectivity index (χ2v) is 6.68. The number of likely N-dealkylation sites (tertiary alicyclic amines) is 2. The third kappa shape index (κ3) is 4.26. The Balaban J connectivity index is 2.13. The number of carbonyl (C=O) groups is 3. The fourth-order valence-electron chi connectivity index (χ4n) is 3.75. The van der Waals surface area contributed by atoms with Gasteiger partial charge in [0, 0.05) is 32.7 Å². The summed E-state index contributed by atoms with van der Waals surface area (Å²) in [6.07, 6.45) is 4.00. The molecule has 0 radical (unpaired) electrons. The number of nitrogens with zero attached hydrogens (tertiary/aromatic N) is 2. The predicted molar refractivity (Wildman–Crippen MR) is 87.4 cm³/mol. The van der Waals surface area contributed by atoms with E-state index in [1.165, 1.54) is 0 Å². The van der Waals surface area contributed by atoms with Crippen molar-refractivity contribution in [1.82, 2.24) is 9.80 Å². The molecule has 136 valence electrons. The zero-order valence-corrected chi connectivity index (χ0v) is 14.6. The molecule has 2 saturated heterocycles. The van der Waals surface area contributed by atoms with E-state index in [2.05, 4.69) is 0 Å². The van der Waals surface area contributed by atoms with Crippen LogP contribution < -0.4 is 0 Å². The highest BCUT2D eigenvalue weighted by atomic mass is 16.5. The number of piperidine rings is 1. The van der Waals surface area contributed by atoms with Crippen LogP contribution >= 0.6 is 0 Å². The second kappa shape index (κ2) is 8.46. The lowest BCUT2D eigenvalue weighted by Gasteiger charge is -2.38. The minimum atomic E-state index is -0.919. The van der Waals surface area contributed by atoms with Crippen LogP contribution in [0.2, 0.25) is 0 Å². The maximum absolute atomic E-state index is 13.1. The van der Waals surface area contributed by atoms with E-state index in [0.29, 0.717) is 32.4 Å². The smallest absolute Gasteiger partial charge is 0.305 e. The lowest BCUT2D eigenvalue weighted by atomic mass is 9.99. The molecule has 0 aliphatic carbocycles. The Labute approximate surface area is 142 Å². The minimum absolute atomic E-state index is 0.0211. The van der Waals surface area contributed by atoms with Gasteiger partial charge in [-0.05, 0) is 32.1 Å². The standard InChI is InChI=1S/C17H28N2O5/c1-3-6-15(20)18-8-5-4-7-14(18)17(23)19-11-13(24-2)9-12(19)10-16(21)22/h12-14H,3-11H2,1-2H3,(H,21,22). The van der Waals surface area contributed by atoms with Crippen LogP contribution in [-0.4, -0.2) is 71.1 Å². The first kappa shape index (κ1) is 18.7. The highest BCUT2D eigenvalue weighted by molar-refractivity contribution is 5.88. The molecule has 2 rings (SSSR count). The third-order valence-corrected chi connectivity index (χ3v) is 4.97. The molecule has 0 aromatic carbocycles. The van der Waals surface area contributed by atoms with Gasteiger partial charge in [0.05, 0.1) is 12.5 Å². The molecule has 2 amide bonds. The van der Waals surface area contributed by atoms with E-state index in [0.717, 1.165) is 19.3 Å². The molecule has 7 heteroatoms. The number of methoxy groups -OCH3 is 1. The number of rotatable bonds is 6. The molecule has 3 atom stereocenters. The van der Waals surface area contributed by atoms with Crippen molar-refractivity contribution in [2.45, 2.75) is 70.1 Å². The number of carboxylic acids is 1. The van der Waals surface area contributed by atoms with Crippen molar-refractivity contribution in [3.63, 3.8) is 0 Å². The Morgan fingerprint density at radius 1 is 1.21 bits per heavy atom. The Morgan fingerprint density at radius 3 is 2.58 bits per heavy atom. The van der Waals surface area contributed by atoms with Crippen molar-refractivity contribution in [2.24, 2.45) is 0 Å². The van der Waals surface area contributed by atoms with Crippen molar-refractivity contribution in [3.8, 4) is 0 Å². The van der Waals surface area contributed by atoms with Gasteiger partial charge in [-0.25, -0.2) is 0 Å². The summed E-state index contributed by atoms with van der Waals surface area (Å²) >= 11 is 0. The first-order valence-electron chi connectivity index (χ1n) is 8.82. The monoisotopic (exact) mass is 340 g/mol. The zero-order valence-electron chi connectivity index (χ0n) is 14.6. The Hall–Kier alpha value is -1.63. The van der Waals surface area contributed by atoms with Gasteiger partial charge in [-0.2, -0.15) is 0 Å². The van der Waals surface area contributed by atoms with Crippen LogP contribution in [0, 0.1) is 0 Å². The molecule has 0 bridgehead atoms. The van der Waals surface area contributed by atoms with Crippen LogP contribution in [0.5, 0.6) is 0 Å². The number of ether oxygens (including phenoxy) is 1. The molecule has 0 saturated carbocycles. The number of carboxylic acid groups (broad SMARTS) is 1. The van der Waals surface area contributed by atoms with Crippen LogP contribution in [0.4, 0.5) is 0 Å². The maximum atomic E-state index is 13.1. The number of carbonyl (C=O) groups excluding carboxylic acids is 2. The molecule has 0 aromatic heterocycles. The van der Waals surface area contributed by atoms with Gasteiger partial charge in [0.25, 0.3) is 0 Å². The lowest BCUT2D eigenvalue weighted by molar-refractivity contribution is -0.149. The van der Waals surface area contributed by atoms with Gasteiger partial charge in [-0.1, -0.05) is 6.92 Å². The summed E-state index contributed by atoms with van der Waals surface area (Å²) in [4.78, 5) is 39.8. The van der Waals surface area contributed by atoms with Crippen LogP contribution in [0.3, 0.4) is 0 Å². The molecule has 0 aromatic rings. The van der Waals surface area contributed by atoms with Crippen molar-refractivity contribution >= 4 is 17.8 Å². The van der Waals surface area contributed by atoms with Gasteiger partial charge in [-0.3, -0.25) is 14.4 Å². The van der Waals surface area contributed by atoms with E-state index in [1.54, 1.807) is 16.9 Å². The molecular weight excluding hydrogens is 312 g/mol. The van der Waals surface area contributed by atoms with Gasteiger partial charge in [-0.15, -0.1) is 0 Å². The van der Waals surface area contributed by atoms with Gasteiger partial charge >= 0.3 is 5.97 Å². The summed E-state index contributed by atoms with van der Waals surface area (Å²) in [7, 11) is 1.58. The first-order valence-corrected chi connectivity index (χ1v) is 8.82. The number of amides is 2. The molecule has 2 aliphatic rings. The largest absolute Gasteiger partial charge is 0.481 e. The van der Waals surface area contributed by atoms with Gasteiger partial charge in [0.2, 0.25) is 11.8 Å². The topological polar surface area (TPSA) is 87.2 Å². The average Bonchev–Trinajstić information content (AvgIpc) is 2.96. The summed E-state index contributed by atoms with van der Waals surface area (Å²) in [6, 6.07) is -0.810. The molecule has 2 aliphatic heterocycles. The molecule has 1 N–H and O–H groups in total. The highest BCUT2D eigenvalue weighted by Gasteiger charge is 2.42. The Morgan fingerprint density at radius 2 is 1.96 bits per heavy atom. The van der Waals surface area contributed by atoms with Gasteiger partial charge in [0.15, 0.2) is 0 Å². The summed E-state index contributed by atoms with van der Waals surface area (Å²) in [5, 5.41) is 9.11. The van der Waals surface area contributed by atoms with Crippen LogP contribution in [-0.2, 0) is 19.1 Å². The molecule has 3 unspecified atom stereocenters. The van der Waals surface area contributed by atoms with E-state index in [-0.39, 0.29) is 30.4 Å². The molecule has 7 nitrogen and oxygen atoms in total. The van der Waals surface area contributed by atoms with E-state index >= 15 is 0 Å². The van der Waals surface area contributed by atoms with Crippen LogP contribution in [0.25, 0.3) is 0 Å². The lowest BCUT2D eigenvalue weighted by Crippen LogP contribution is -2.54. The first-order chi connectivity index (χ1) is 11.5. The van der Waals surface area contributed by atoms with Crippen molar-refractivity contribution < 1.29 is 24.2 Å². The number of hydrogen-bond donors (Lipinski definition) is 1. The average molecular weight is 340 g/mol. The highest BCUT2D eigenvalue weighted by Crippen LogP contribution is 2.27. The number of aliphatic carboxylic acids is 1. The third-order valence-electron chi connectivity index (χ3n) is 4.97. The fourth-order valence-corrected chi connectivity index (χ4v) is 3.75. The summed E-state index contributed by atoms with van der Waals surface area (Å²) in [6.45, 7) is 2.96. The van der Waals surface area contributed by atoms with E-state index < -0.39 is 12.0 Å². The number of hydrogen-bond acceptors (Lipinski definition) is 4.